The first-order valence-corrected chi connectivity index (χ1v) is 5.08. The van der Waals surface area contributed by atoms with E-state index in [1.165, 1.54) is 0 Å². The Morgan fingerprint density at radius 3 is 2.37 bits per heavy atom. The molecular formula is C11H10F2N2O4. The van der Waals surface area contributed by atoms with Gasteiger partial charge in [0.1, 0.15) is 6.04 Å². The van der Waals surface area contributed by atoms with E-state index in [0.29, 0.717) is 6.07 Å². The molecule has 0 aromatic heterocycles. The number of benzene rings is 1. The molecule has 1 rings (SSSR count). The third kappa shape index (κ3) is 4.02. The van der Waals surface area contributed by atoms with Crippen molar-refractivity contribution in [3.05, 3.63) is 35.4 Å². The summed E-state index contributed by atoms with van der Waals surface area (Å²) in [6.45, 7) is 0. The number of aliphatic carboxylic acids is 1. The van der Waals surface area contributed by atoms with Crippen molar-refractivity contribution >= 4 is 17.8 Å². The molecule has 0 spiro atoms. The Labute approximate surface area is 106 Å². The first-order valence-electron chi connectivity index (χ1n) is 5.08. The van der Waals surface area contributed by atoms with Crippen molar-refractivity contribution < 1.29 is 28.3 Å². The third-order valence-electron chi connectivity index (χ3n) is 2.19. The lowest BCUT2D eigenvalue weighted by Gasteiger charge is -2.12. The molecule has 102 valence electrons. The zero-order valence-corrected chi connectivity index (χ0v) is 9.52. The number of carboxylic acid groups (broad SMARTS) is 1. The van der Waals surface area contributed by atoms with Gasteiger partial charge in [-0.05, 0) is 18.2 Å². The standard InChI is InChI=1S/C11H10F2N2O4/c12-6-2-1-5(3-7(6)13)10(17)15-8(11(18)19)4-9(14)16/h1-3,8H,4H2,(H2,14,16)(H,15,17)(H,18,19). The van der Waals surface area contributed by atoms with Gasteiger partial charge in [0.05, 0.1) is 6.42 Å². The van der Waals surface area contributed by atoms with Gasteiger partial charge >= 0.3 is 5.97 Å². The number of carbonyl (C=O) groups is 3. The number of primary amides is 1. The van der Waals surface area contributed by atoms with E-state index in [1.807, 2.05) is 5.32 Å². The van der Waals surface area contributed by atoms with Crippen LogP contribution in [0.5, 0.6) is 0 Å². The molecule has 4 N–H and O–H groups in total. The summed E-state index contributed by atoms with van der Waals surface area (Å²) in [5.74, 6) is -5.71. The fourth-order valence-corrected chi connectivity index (χ4v) is 1.28. The topological polar surface area (TPSA) is 109 Å². The van der Waals surface area contributed by atoms with E-state index >= 15 is 0 Å². The molecular weight excluding hydrogens is 262 g/mol. The Morgan fingerprint density at radius 1 is 1.26 bits per heavy atom. The fraction of sp³-hybridized carbons (Fsp3) is 0.182. The van der Waals surface area contributed by atoms with Crippen LogP contribution in [-0.2, 0) is 9.59 Å². The van der Waals surface area contributed by atoms with Crippen LogP contribution in [0.1, 0.15) is 16.8 Å². The second kappa shape index (κ2) is 5.89. The molecule has 6 nitrogen and oxygen atoms in total. The molecule has 1 aromatic carbocycles. The van der Waals surface area contributed by atoms with Crippen molar-refractivity contribution in [3.63, 3.8) is 0 Å². The minimum atomic E-state index is -1.53. The molecule has 0 heterocycles. The summed E-state index contributed by atoms with van der Waals surface area (Å²) >= 11 is 0. The monoisotopic (exact) mass is 272 g/mol. The maximum absolute atomic E-state index is 12.9. The molecule has 2 amide bonds. The van der Waals surface area contributed by atoms with Crippen LogP contribution in [0.15, 0.2) is 18.2 Å². The Bertz CT molecular complexity index is 533. The van der Waals surface area contributed by atoms with Gasteiger partial charge in [-0.2, -0.15) is 0 Å². The van der Waals surface area contributed by atoms with Crippen molar-refractivity contribution in [1.82, 2.24) is 5.32 Å². The van der Waals surface area contributed by atoms with Gasteiger partial charge < -0.3 is 16.2 Å². The largest absolute Gasteiger partial charge is 0.480 e. The Morgan fingerprint density at radius 2 is 1.89 bits per heavy atom. The first-order chi connectivity index (χ1) is 8.81. The van der Waals surface area contributed by atoms with Crippen LogP contribution in [0.3, 0.4) is 0 Å². The second-order valence-electron chi connectivity index (χ2n) is 3.66. The highest BCUT2D eigenvalue weighted by Gasteiger charge is 2.23. The number of amides is 2. The van der Waals surface area contributed by atoms with E-state index in [-0.39, 0.29) is 5.56 Å². The number of halogens is 2. The highest BCUT2D eigenvalue weighted by atomic mass is 19.2. The van der Waals surface area contributed by atoms with Crippen molar-refractivity contribution in [2.24, 2.45) is 5.73 Å². The Balaban J connectivity index is 2.84. The first kappa shape index (κ1) is 14.6. The van der Waals surface area contributed by atoms with E-state index < -0.39 is 41.9 Å². The van der Waals surface area contributed by atoms with E-state index in [9.17, 15) is 23.2 Å². The van der Waals surface area contributed by atoms with Crippen LogP contribution in [0.4, 0.5) is 8.78 Å². The SMILES string of the molecule is NC(=O)CC(NC(=O)c1ccc(F)c(F)c1)C(=O)O. The zero-order chi connectivity index (χ0) is 14.6. The number of hydrogen-bond donors (Lipinski definition) is 3. The van der Waals surface area contributed by atoms with E-state index in [2.05, 4.69) is 0 Å². The van der Waals surface area contributed by atoms with Crippen molar-refractivity contribution in [1.29, 1.82) is 0 Å². The molecule has 0 radical (unpaired) electrons. The smallest absolute Gasteiger partial charge is 0.326 e. The van der Waals surface area contributed by atoms with Crippen LogP contribution in [-0.4, -0.2) is 28.9 Å². The molecule has 0 bridgehead atoms. The van der Waals surface area contributed by atoms with Gasteiger partial charge in [0.25, 0.3) is 5.91 Å². The summed E-state index contributed by atoms with van der Waals surface area (Å²) in [6, 6.07) is 0.803. The third-order valence-corrected chi connectivity index (χ3v) is 2.19. The lowest BCUT2D eigenvalue weighted by atomic mass is 10.1. The van der Waals surface area contributed by atoms with E-state index in [4.69, 9.17) is 10.8 Å². The van der Waals surface area contributed by atoms with Crippen LogP contribution < -0.4 is 11.1 Å². The predicted octanol–water partition coefficient (Wildman–Crippen LogP) is 0.0232. The van der Waals surface area contributed by atoms with E-state index in [1.54, 1.807) is 0 Å². The van der Waals surface area contributed by atoms with Crippen molar-refractivity contribution in [3.8, 4) is 0 Å². The van der Waals surface area contributed by atoms with Gasteiger partial charge in [0.15, 0.2) is 11.6 Å². The van der Waals surface area contributed by atoms with E-state index in [0.717, 1.165) is 12.1 Å². The molecule has 8 heteroatoms. The van der Waals surface area contributed by atoms with Gasteiger partial charge in [0, 0.05) is 5.56 Å². The average molecular weight is 272 g/mol. The summed E-state index contributed by atoms with van der Waals surface area (Å²) in [7, 11) is 0. The maximum Gasteiger partial charge on any atom is 0.326 e. The van der Waals surface area contributed by atoms with Crippen LogP contribution in [0.2, 0.25) is 0 Å². The number of nitrogens with two attached hydrogens (primary N) is 1. The summed E-state index contributed by atoms with van der Waals surface area (Å²) in [4.78, 5) is 33.0. The highest BCUT2D eigenvalue weighted by Crippen LogP contribution is 2.09. The fourth-order valence-electron chi connectivity index (χ4n) is 1.28. The van der Waals surface area contributed by atoms with Gasteiger partial charge in [0.2, 0.25) is 5.91 Å². The quantitative estimate of drug-likeness (QED) is 0.702. The molecule has 0 saturated heterocycles. The molecule has 1 unspecified atom stereocenters. The van der Waals surface area contributed by atoms with Crippen molar-refractivity contribution in [2.45, 2.75) is 12.5 Å². The number of carboxylic acids is 1. The number of hydrogen-bond acceptors (Lipinski definition) is 3. The zero-order valence-electron chi connectivity index (χ0n) is 9.52. The molecule has 19 heavy (non-hydrogen) atoms. The van der Waals surface area contributed by atoms with Crippen LogP contribution in [0.25, 0.3) is 0 Å². The molecule has 0 aliphatic heterocycles. The minimum Gasteiger partial charge on any atom is -0.480 e. The maximum atomic E-state index is 12.9. The second-order valence-corrected chi connectivity index (χ2v) is 3.66. The molecule has 1 aromatic rings. The lowest BCUT2D eigenvalue weighted by molar-refractivity contribution is -0.140. The summed E-state index contributed by atoms with van der Waals surface area (Å²) in [5.41, 5.74) is 4.56. The number of carbonyl (C=O) groups excluding carboxylic acids is 2. The average Bonchev–Trinajstić information content (AvgIpc) is 2.31. The Kier molecular flexibility index (Phi) is 4.51. The minimum absolute atomic E-state index is 0.269. The van der Waals surface area contributed by atoms with Gasteiger partial charge in [-0.3, -0.25) is 9.59 Å². The molecule has 0 aliphatic carbocycles. The molecule has 0 saturated carbocycles. The van der Waals surface area contributed by atoms with Crippen LogP contribution >= 0.6 is 0 Å². The van der Waals surface area contributed by atoms with Gasteiger partial charge in [-0.1, -0.05) is 0 Å². The normalized spacial score (nSPS) is 11.7. The summed E-state index contributed by atoms with van der Waals surface area (Å²) in [6.07, 6.45) is -0.606. The Hall–Kier alpha value is -2.51. The van der Waals surface area contributed by atoms with Gasteiger partial charge in [-0.25, -0.2) is 13.6 Å². The summed E-state index contributed by atoms with van der Waals surface area (Å²) in [5, 5.41) is 10.7. The summed E-state index contributed by atoms with van der Waals surface area (Å²) < 4.78 is 25.6. The van der Waals surface area contributed by atoms with Crippen LogP contribution in [0, 0.1) is 11.6 Å². The number of rotatable bonds is 5. The molecule has 0 fully saturated rings. The predicted molar refractivity (Wildman–Crippen MR) is 59.1 cm³/mol. The molecule has 1 atom stereocenters. The highest BCUT2D eigenvalue weighted by molar-refractivity contribution is 5.97. The number of nitrogens with one attached hydrogen (secondary N) is 1. The molecule has 0 aliphatic rings. The lowest BCUT2D eigenvalue weighted by Crippen LogP contribution is -2.43. The van der Waals surface area contributed by atoms with Crippen molar-refractivity contribution in [2.75, 3.05) is 0 Å². The van der Waals surface area contributed by atoms with Gasteiger partial charge in [-0.15, -0.1) is 0 Å².